The van der Waals surface area contributed by atoms with Crippen LogP contribution in [0.2, 0.25) is 19.6 Å². The highest BCUT2D eigenvalue weighted by Crippen LogP contribution is 2.35. The van der Waals surface area contributed by atoms with Crippen LogP contribution in [0.15, 0.2) is 83.4 Å². The Balaban J connectivity index is 1.76. The summed E-state index contributed by atoms with van der Waals surface area (Å²) in [6.45, 7) is 6.59. The Labute approximate surface area is 185 Å². The van der Waals surface area contributed by atoms with Gasteiger partial charge in [0.05, 0.1) is 13.8 Å². The van der Waals surface area contributed by atoms with Gasteiger partial charge in [0.15, 0.2) is 0 Å². The molecule has 0 saturated carbocycles. The number of hydrogen-bond donors (Lipinski definition) is 0. The average Bonchev–Trinajstić information content (AvgIpc) is 3.16. The lowest BCUT2D eigenvalue weighted by Gasteiger charge is -2.21. The molecule has 3 aromatic carbocycles. The van der Waals surface area contributed by atoms with Gasteiger partial charge in [-0.15, -0.1) is 0 Å². The highest BCUT2D eigenvalue weighted by Gasteiger charge is 2.22. The van der Waals surface area contributed by atoms with Gasteiger partial charge in [-0.25, -0.2) is 4.39 Å². The fourth-order valence-electron chi connectivity index (χ4n) is 3.95. The summed E-state index contributed by atoms with van der Waals surface area (Å²) in [7, 11) is -1.90. The number of halogens is 1. The molecule has 4 heteroatoms. The van der Waals surface area contributed by atoms with Crippen molar-refractivity contribution in [1.82, 2.24) is 4.98 Å². The molecule has 0 aliphatic heterocycles. The second-order valence-electron chi connectivity index (χ2n) is 8.78. The third kappa shape index (κ3) is 3.68. The van der Waals surface area contributed by atoms with E-state index in [2.05, 4.69) is 19.6 Å². The summed E-state index contributed by atoms with van der Waals surface area (Å²) in [6, 6.07) is 21.4. The summed E-state index contributed by atoms with van der Waals surface area (Å²) in [5, 5.41) is 2.71. The molecule has 2 aromatic heterocycles. The van der Waals surface area contributed by atoms with Crippen LogP contribution in [-0.4, -0.2) is 13.1 Å². The van der Waals surface area contributed by atoms with Gasteiger partial charge in [-0.1, -0.05) is 62.1 Å². The molecule has 0 unspecified atom stereocenters. The van der Waals surface area contributed by atoms with Crippen LogP contribution in [0.5, 0.6) is 0 Å². The topological polar surface area (TPSA) is 26.0 Å². The smallest absolute Gasteiger partial charge is 0.144 e. The molecule has 0 bridgehead atoms. The Morgan fingerprint density at radius 1 is 0.935 bits per heavy atom. The summed E-state index contributed by atoms with van der Waals surface area (Å²) in [5.74, 6) is -0.348. The Morgan fingerprint density at radius 3 is 2.52 bits per heavy atom. The minimum atomic E-state index is -1.90. The standard InChI is InChI=1S/C27H24FNOSi/c1-31(2,3)26-17-29-24(15-19(26)14-18-8-5-4-6-9-18)23-11-7-10-22-21-13-12-20(28)16-25(21)30-27(22)23/h4-13,15-17H,14H2,1-3H3/i14D2. The zero-order valence-corrected chi connectivity index (χ0v) is 18.7. The van der Waals surface area contributed by atoms with Crippen LogP contribution >= 0.6 is 0 Å². The maximum absolute atomic E-state index is 13.8. The molecule has 0 fully saturated rings. The number of pyridine rings is 1. The van der Waals surface area contributed by atoms with Crippen molar-refractivity contribution in [2.24, 2.45) is 0 Å². The van der Waals surface area contributed by atoms with Crippen molar-refractivity contribution >= 4 is 35.2 Å². The highest BCUT2D eigenvalue weighted by molar-refractivity contribution is 6.89. The highest BCUT2D eigenvalue weighted by atomic mass is 28.3. The maximum atomic E-state index is 13.8. The fourth-order valence-corrected chi connectivity index (χ4v) is 5.35. The quantitative estimate of drug-likeness (QED) is 0.291. The number of benzene rings is 3. The summed E-state index contributed by atoms with van der Waals surface area (Å²) in [5.41, 5.74) is 3.75. The number of rotatable bonds is 4. The van der Waals surface area contributed by atoms with Gasteiger partial charge in [0.1, 0.15) is 17.0 Å². The second-order valence-corrected chi connectivity index (χ2v) is 13.8. The lowest BCUT2D eigenvalue weighted by atomic mass is 10.0. The molecule has 0 aliphatic rings. The molecular weight excluding hydrogens is 401 g/mol. The van der Waals surface area contributed by atoms with Gasteiger partial charge in [0, 0.05) is 31.3 Å². The summed E-state index contributed by atoms with van der Waals surface area (Å²) in [6.07, 6.45) is 0.151. The summed E-state index contributed by atoms with van der Waals surface area (Å²) >= 11 is 0. The molecule has 5 aromatic rings. The number of para-hydroxylation sites is 1. The van der Waals surface area contributed by atoms with Crippen molar-refractivity contribution in [3.63, 3.8) is 0 Å². The van der Waals surface area contributed by atoms with Crippen LogP contribution in [0.1, 0.15) is 13.9 Å². The van der Waals surface area contributed by atoms with E-state index in [1.807, 2.05) is 60.8 Å². The van der Waals surface area contributed by atoms with Crippen LogP contribution in [0.4, 0.5) is 4.39 Å². The number of furan rings is 1. The predicted molar refractivity (Wildman–Crippen MR) is 129 cm³/mol. The van der Waals surface area contributed by atoms with Gasteiger partial charge in [-0.05, 0) is 47.0 Å². The third-order valence-corrected chi connectivity index (χ3v) is 7.52. The van der Waals surface area contributed by atoms with Crippen LogP contribution in [0, 0.1) is 5.82 Å². The van der Waals surface area contributed by atoms with Crippen LogP contribution in [-0.2, 0) is 6.37 Å². The van der Waals surface area contributed by atoms with Gasteiger partial charge < -0.3 is 4.42 Å². The molecule has 0 spiro atoms. The Kier molecular flexibility index (Phi) is 4.20. The van der Waals surface area contributed by atoms with Crippen LogP contribution in [0.25, 0.3) is 33.2 Å². The number of fused-ring (bicyclic) bond motifs is 3. The zero-order valence-electron chi connectivity index (χ0n) is 19.7. The first kappa shape index (κ1) is 17.4. The van der Waals surface area contributed by atoms with E-state index >= 15 is 0 Å². The second kappa shape index (κ2) is 7.47. The van der Waals surface area contributed by atoms with Gasteiger partial charge in [-0.2, -0.15) is 0 Å². The van der Waals surface area contributed by atoms with Crippen molar-refractivity contribution in [2.75, 3.05) is 0 Å². The summed E-state index contributed by atoms with van der Waals surface area (Å²) < 4.78 is 38.0. The minimum Gasteiger partial charge on any atom is -0.455 e. The summed E-state index contributed by atoms with van der Waals surface area (Å²) in [4.78, 5) is 4.76. The zero-order chi connectivity index (χ0) is 23.4. The molecule has 154 valence electrons. The van der Waals surface area contributed by atoms with E-state index in [0.717, 1.165) is 21.5 Å². The van der Waals surface area contributed by atoms with Crippen molar-refractivity contribution < 1.29 is 11.5 Å². The van der Waals surface area contributed by atoms with E-state index < -0.39 is 14.4 Å². The first-order valence-corrected chi connectivity index (χ1v) is 13.8. The van der Waals surface area contributed by atoms with E-state index in [1.165, 1.54) is 12.1 Å². The van der Waals surface area contributed by atoms with Crippen molar-refractivity contribution in [3.8, 4) is 11.3 Å². The van der Waals surface area contributed by atoms with E-state index in [1.54, 1.807) is 6.07 Å². The molecule has 0 amide bonds. The van der Waals surface area contributed by atoms with E-state index in [0.29, 0.717) is 28.0 Å². The molecule has 2 nitrogen and oxygen atoms in total. The average molecular weight is 428 g/mol. The molecule has 0 N–H and O–H groups in total. The monoisotopic (exact) mass is 427 g/mol. The number of aromatic nitrogens is 1. The predicted octanol–water partition coefficient (Wildman–Crippen LogP) is 6.92. The third-order valence-electron chi connectivity index (χ3n) is 5.50. The SMILES string of the molecule is [2H]C([2H])(c1ccccc1)c1cc(-c2cccc3c2oc2cc(F)ccc23)ncc1[Si](C)(C)C. The molecule has 31 heavy (non-hydrogen) atoms. The van der Waals surface area contributed by atoms with Gasteiger partial charge in [0.25, 0.3) is 0 Å². The molecular formula is C27H24FNOSi. The van der Waals surface area contributed by atoms with Crippen LogP contribution in [0.3, 0.4) is 0 Å². The van der Waals surface area contributed by atoms with Gasteiger partial charge in [-0.3, -0.25) is 4.98 Å². The maximum Gasteiger partial charge on any atom is 0.144 e. The molecule has 0 saturated heterocycles. The Hall–Kier alpha value is -3.24. The molecule has 0 aliphatic carbocycles. The fraction of sp³-hybridized carbons (Fsp3) is 0.148. The van der Waals surface area contributed by atoms with E-state index in [-0.39, 0.29) is 5.82 Å². The number of nitrogens with zero attached hydrogens (tertiary/aromatic N) is 1. The van der Waals surface area contributed by atoms with E-state index in [4.69, 9.17) is 12.1 Å². The lowest BCUT2D eigenvalue weighted by molar-refractivity contribution is 0.618. The first-order valence-electron chi connectivity index (χ1n) is 11.3. The minimum absolute atomic E-state index is 0.348. The molecule has 0 atom stereocenters. The Morgan fingerprint density at radius 2 is 1.74 bits per heavy atom. The number of hydrogen-bond acceptors (Lipinski definition) is 2. The largest absolute Gasteiger partial charge is 0.455 e. The van der Waals surface area contributed by atoms with Crippen LogP contribution < -0.4 is 5.19 Å². The van der Waals surface area contributed by atoms with Gasteiger partial charge >= 0.3 is 0 Å². The van der Waals surface area contributed by atoms with Gasteiger partial charge in [0.2, 0.25) is 0 Å². The van der Waals surface area contributed by atoms with Crippen molar-refractivity contribution in [3.05, 3.63) is 95.9 Å². The van der Waals surface area contributed by atoms with E-state index in [9.17, 15) is 4.39 Å². The lowest BCUT2D eigenvalue weighted by Crippen LogP contribution is -2.40. The first-order chi connectivity index (χ1) is 15.7. The molecule has 2 heterocycles. The van der Waals surface area contributed by atoms with Crippen molar-refractivity contribution in [2.45, 2.75) is 26.0 Å². The normalized spacial score (nSPS) is 13.4. The Bertz CT molecular complexity index is 1490. The molecule has 0 radical (unpaired) electrons. The van der Waals surface area contributed by atoms with Crippen molar-refractivity contribution in [1.29, 1.82) is 0 Å². The molecule has 5 rings (SSSR count).